The molecule has 2 rings (SSSR count). The molecule has 1 aromatic carbocycles. The molecule has 0 spiro atoms. The van der Waals surface area contributed by atoms with Gasteiger partial charge in [-0.15, -0.1) is 0 Å². The van der Waals surface area contributed by atoms with Gasteiger partial charge in [0.05, 0.1) is 5.75 Å². The van der Waals surface area contributed by atoms with E-state index in [1.165, 1.54) is 17.5 Å². The molecule has 0 saturated heterocycles. The highest BCUT2D eigenvalue weighted by molar-refractivity contribution is 7.88. The Kier molecular flexibility index (Phi) is 2.80. The first-order chi connectivity index (χ1) is 7.06. The SMILES string of the molecule is NS(=O)(=O)Cc1cccc2c1CCCC2. The quantitative estimate of drug-likeness (QED) is 0.826. The maximum Gasteiger partial charge on any atom is 0.213 e. The molecule has 0 amide bonds. The van der Waals surface area contributed by atoms with Gasteiger partial charge in [0, 0.05) is 0 Å². The molecule has 1 aliphatic rings. The van der Waals surface area contributed by atoms with Crippen LogP contribution < -0.4 is 5.14 Å². The molecule has 1 aromatic rings. The molecule has 82 valence electrons. The zero-order valence-electron chi connectivity index (χ0n) is 8.57. The number of nitrogens with two attached hydrogens (primary N) is 1. The van der Waals surface area contributed by atoms with E-state index in [0.29, 0.717) is 0 Å². The molecule has 1 aliphatic carbocycles. The molecule has 15 heavy (non-hydrogen) atoms. The van der Waals surface area contributed by atoms with Gasteiger partial charge in [-0.1, -0.05) is 18.2 Å². The number of hydrogen-bond acceptors (Lipinski definition) is 2. The lowest BCUT2D eigenvalue weighted by atomic mass is 9.89. The Labute approximate surface area is 90.4 Å². The zero-order chi connectivity index (χ0) is 10.9. The van der Waals surface area contributed by atoms with Crippen LogP contribution in [0, 0.1) is 0 Å². The van der Waals surface area contributed by atoms with Gasteiger partial charge in [0.15, 0.2) is 0 Å². The van der Waals surface area contributed by atoms with E-state index in [4.69, 9.17) is 5.14 Å². The Balaban J connectivity index is 2.39. The Morgan fingerprint density at radius 3 is 2.67 bits per heavy atom. The molecule has 0 saturated carbocycles. The van der Waals surface area contributed by atoms with Crippen molar-refractivity contribution in [1.29, 1.82) is 0 Å². The summed E-state index contributed by atoms with van der Waals surface area (Å²) in [4.78, 5) is 0. The summed E-state index contributed by atoms with van der Waals surface area (Å²) in [5.74, 6) is -0.0316. The zero-order valence-corrected chi connectivity index (χ0v) is 9.39. The smallest absolute Gasteiger partial charge is 0.213 e. The summed E-state index contributed by atoms with van der Waals surface area (Å²) < 4.78 is 22.1. The minimum atomic E-state index is -3.41. The molecule has 0 atom stereocenters. The summed E-state index contributed by atoms with van der Waals surface area (Å²) in [6, 6.07) is 5.88. The standard InChI is InChI=1S/C11H15NO2S/c12-15(13,14)8-10-6-3-5-9-4-1-2-7-11(9)10/h3,5-6H,1-2,4,7-8H2,(H2,12,13,14). The van der Waals surface area contributed by atoms with E-state index in [2.05, 4.69) is 6.07 Å². The fourth-order valence-electron chi connectivity index (χ4n) is 2.21. The first-order valence-corrected chi connectivity index (χ1v) is 6.88. The van der Waals surface area contributed by atoms with Crippen molar-refractivity contribution in [3.05, 3.63) is 34.9 Å². The molecular formula is C11H15NO2S. The second-order valence-electron chi connectivity index (χ2n) is 4.07. The van der Waals surface area contributed by atoms with E-state index >= 15 is 0 Å². The molecule has 0 aromatic heterocycles. The van der Waals surface area contributed by atoms with Crippen LogP contribution in [-0.2, 0) is 28.6 Å². The maximum atomic E-state index is 11.1. The second kappa shape index (κ2) is 3.94. The summed E-state index contributed by atoms with van der Waals surface area (Å²) in [6.07, 6.45) is 4.40. The van der Waals surface area contributed by atoms with Crippen molar-refractivity contribution in [2.45, 2.75) is 31.4 Å². The lowest BCUT2D eigenvalue weighted by Gasteiger charge is -2.18. The van der Waals surface area contributed by atoms with Crippen molar-refractivity contribution in [3.63, 3.8) is 0 Å². The van der Waals surface area contributed by atoms with Gasteiger partial charge in [0.1, 0.15) is 0 Å². The Hall–Kier alpha value is -0.870. The van der Waals surface area contributed by atoms with Gasteiger partial charge in [-0.05, 0) is 42.4 Å². The van der Waals surface area contributed by atoms with Crippen molar-refractivity contribution >= 4 is 10.0 Å². The minimum absolute atomic E-state index is 0.0316. The number of fused-ring (bicyclic) bond motifs is 1. The van der Waals surface area contributed by atoms with Gasteiger partial charge in [-0.25, -0.2) is 13.6 Å². The molecular weight excluding hydrogens is 210 g/mol. The van der Waals surface area contributed by atoms with E-state index in [1.54, 1.807) is 0 Å². The number of rotatable bonds is 2. The van der Waals surface area contributed by atoms with Crippen LogP contribution in [0.2, 0.25) is 0 Å². The number of aryl methyl sites for hydroxylation is 1. The molecule has 2 N–H and O–H groups in total. The van der Waals surface area contributed by atoms with Crippen molar-refractivity contribution < 1.29 is 8.42 Å². The van der Waals surface area contributed by atoms with Gasteiger partial charge in [-0.3, -0.25) is 0 Å². The highest BCUT2D eigenvalue weighted by atomic mass is 32.2. The third-order valence-electron chi connectivity index (χ3n) is 2.85. The van der Waals surface area contributed by atoms with Gasteiger partial charge < -0.3 is 0 Å². The Morgan fingerprint density at radius 2 is 1.93 bits per heavy atom. The van der Waals surface area contributed by atoms with Crippen LogP contribution in [-0.4, -0.2) is 8.42 Å². The van der Waals surface area contributed by atoms with Crippen molar-refractivity contribution in [1.82, 2.24) is 0 Å². The lowest BCUT2D eigenvalue weighted by molar-refractivity contribution is 0.596. The van der Waals surface area contributed by atoms with Crippen LogP contribution in [0.3, 0.4) is 0 Å². The molecule has 0 bridgehead atoms. The Morgan fingerprint density at radius 1 is 1.20 bits per heavy atom. The van der Waals surface area contributed by atoms with Crippen LogP contribution in [0.15, 0.2) is 18.2 Å². The van der Waals surface area contributed by atoms with E-state index in [1.807, 2.05) is 12.1 Å². The van der Waals surface area contributed by atoms with Crippen LogP contribution in [0.4, 0.5) is 0 Å². The lowest BCUT2D eigenvalue weighted by Crippen LogP contribution is -2.17. The highest BCUT2D eigenvalue weighted by Crippen LogP contribution is 2.25. The van der Waals surface area contributed by atoms with E-state index < -0.39 is 10.0 Å². The fourth-order valence-corrected chi connectivity index (χ4v) is 2.92. The number of benzene rings is 1. The van der Waals surface area contributed by atoms with Crippen molar-refractivity contribution in [3.8, 4) is 0 Å². The Bertz CT molecular complexity index is 465. The van der Waals surface area contributed by atoms with E-state index in [9.17, 15) is 8.42 Å². The topological polar surface area (TPSA) is 60.2 Å². The monoisotopic (exact) mass is 225 g/mol. The van der Waals surface area contributed by atoms with E-state index in [-0.39, 0.29) is 5.75 Å². The molecule has 0 fully saturated rings. The maximum absolute atomic E-state index is 11.1. The molecule has 4 heteroatoms. The summed E-state index contributed by atoms with van der Waals surface area (Å²) >= 11 is 0. The molecule has 0 unspecified atom stereocenters. The number of hydrogen-bond donors (Lipinski definition) is 1. The third-order valence-corrected chi connectivity index (χ3v) is 3.56. The first-order valence-electron chi connectivity index (χ1n) is 5.16. The third kappa shape index (κ3) is 2.58. The van der Waals surface area contributed by atoms with Gasteiger partial charge in [0.25, 0.3) is 0 Å². The van der Waals surface area contributed by atoms with Crippen molar-refractivity contribution in [2.75, 3.05) is 0 Å². The first kappa shape index (κ1) is 10.6. The summed E-state index contributed by atoms with van der Waals surface area (Å²) in [6.45, 7) is 0. The van der Waals surface area contributed by atoms with E-state index in [0.717, 1.165) is 24.8 Å². The molecule has 0 radical (unpaired) electrons. The number of sulfonamides is 1. The van der Waals surface area contributed by atoms with Crippen molar-refractivity contribution in [2.24, 2.45) is 5.14 Å². The molecule has 0 heterocycles. The number of primary sulfonamides is 1. The normalized spacial score (nSPS) is 16.1. The van der Waals surface area contributed by atoms with Crippen LogP contribution >= 0.6 is 0 Å². The van der Waals surface area contributed by atoms with Gasteiger partial charge in [0.2, 0.25) is 10.0 Å². The fraction of sp³-hybridized carbons (Fsp3) is 0.455. The van der Waals surface area contributed by atoms with Crippen LogP contribution in [0.1, 0.15) is 29.5 Å². The molecule has 3 nitrogen and oxygen atoms in total. The van der Waals surface area contributed by atoms with Crippen LogP contribution in [0.25, 0.3) is 0 Å². The van der Waals surface area contributed by atoms with Gasteiger partial charge >= 0.3 is 0 Å². The summed E-state index contributed by atoms with van der Waals surface area (Å²) in [7, 11) is -3.41. The predicted octanol–water partition coefficient (Wildman–Crippen LogP) is 1.35. The second-order valence-corrected chi connectivity index (χ2v) is 5.68. The largest absolute Gasteiger partial charge is 0.228 e. The van der Waals surface area contributed by atoms with Crippen LogP contribution in [0.5, 0.6) is 0 Å². The van der Waals surface area contributed by atoms with Gasteiger partial charge in [-0.2, -0.15) is 0 Å². The average Bonchev–Trinajstić information content (AvgIpc) is 2.16. The highest BCUT2D eigenvalue weighted by Gasteiger charge is 2.15. The average molecular weight is 225 g/mol. The predicted molar refractivity (Wildman–Crippen MR) is 59.9 cm³/mol. The minimum Gasteiger partial charge on any atom is -0.228 e. The molecule has 0 aliphatic heterocycles. The summed E-state index contributed by atoms with van der Waals surface area (Å²) in [5, 5.41) is 5.07. The summed E-state index contributed by atoms with van der Waals surface area (Å²) in [5.41, 5.74) is 3.38.